The summed E-state index contributed by atoms with van der Waals surface area (Å²) in [6.45, 7) is 0. The van der Waals surface area contributed by atoms with Gasteiger partial charge in [0.2, 0.25) is 0 Å². The number of furan rings is 1. The highest BCUT2D eigenvalue weighted by Gasteiger charge is 2.26. The van der Waals surface area contributed by atoms with E-state index in [9.17, 15) is 0 Å². The van der Waals surface area contributed by atoms with E-state index < -0.39 is 0 Å². The van der Waals surface area contributed by atoms with Crippen molar-refractivity contribution < 1.29 is 4.42 Å². The summed E-state index contributed by atoms with van der Waals surface area (Å²) in [7, 11) is 0. The molecule has 0 fully saturated rings. The standard InChI is InChI=1S/C66H43N3OS/c1-5-20-44(21-6-1)45-36-38-50(39-37-45)68(59-32-19-34-61-63(59)54-29-14-17-33-60(54)70-61)52-41-46(40-51(42-52)67(47-22-7-2-8-23-47)48-24-9-3-10-25-48)56-43-57-53-28-13-16-31-58(53)69(49-26-11-4-12-27-49)65(57)64-55-30-15-18-35-62(55)71-66(56)64/h1-43H. The maximum atomic E-state index is 6.61. The lowest BCUT2D eigenvalue weighted by Gasteiger charge is -2.31. The van der Waals surface area contributed by atoms with E-state index in [-0.39, 0.29) is 0 Å². The van der Waals surface area contributed by atoms with Crippen LogP contribution in [0.25, 0.3) is 91.9 Å². The first-order chi connectivity index (χ1) is 35.2. The fourth-order valence-corrected chi connectivity index (χ4v) is 12.1. The molecule has 0 spiro atoms. The number of rotatable bonds is 9. The van der Waals surface area contributed by atoms with Gasteiger partial charge in [0.25, 0.3) is 0 Å². The minimum absolute atomic E-state index is 0.841. The van der Waals surface area contributed by atoms with Crippen LogP contribution in [0.15, 0.2) is 265 Å². The Kier molecular flexibility index (Phi) is 9.68. The number of fused-ring (bicyclic) bond motifs is 10. The molecule has 5 heteroatoms. The molecule has 0 N–H and O–H groups in total. The third kappa shape index (κ3) is 6.81. The Labute approximate surface area is 414 Å². The quantitative estimate of drug-likeness (QED) is 0.144. The molecule has 3 aromatic heterocycles. The summed E-state index contributed by atoms with van der Waals surface area (Å²) in [6.07, 6.45) is 0. The molecule has 0 amide bonds. The number of benzene rings is 11. The fraction of sp³-hybridized carbons (Fsp3) is 0. The van der Waals surface area contributed by atoms with Gasteiger partial charge in [-0.2, -0.15) is 0 Å². The molecule has 14 rings (SSSR count). The molecular formula is C66H43N3OS. The van der Waals surface area contributed by atoms with Crippen LogP contribution in [0.5, 0.6) is 0 Å². The number of aromatic nitrogens is 1. The van der Waals surface area contributed by atoms with Gasteiger partial charge in [-0.3, -0.25) is 0 Å². The normalized spacial score (nSPS) is 11.7. The van der Waals surface area contributed by atoms with Crippen molar-refractivity contribution in [2.24, 2.45) is 0 Å². The van der Waals surface area contributed by atoms with E-state index in [4.69, 9.17) is 4.42 Å². The monoisotopic (exact) mass is 925 g/mol. The molecule has 0 aliphatic rings. The molecule has 14 aromatic rings. The molecule has 4 nitrogen and oxygen atoms in total. The van der Waals surface area contributed by atoms with Gasteiger partial charge < -0.3 is 18.8 Å². The van der Waals surface area contributed by atoms with Gasteiger partial charge in [-0.1, -0.05) is 158 Å². The number of hydrogen-bond acceptors (Lipinski definition) is 4. The Morgan fingerprint density at radius 3 is 1.65 bits per heavy atom. The number of para-hydroxylation sites is 5. The van der Waals surface area contributed by atoms with Gasteiger partial charge in [0.1, 0.15) is 11.2 Å². The smallest absolute Gasteiger partial charge is 0.137 e. The second-order valence-corrected chi connectivity index (χ2v) is 19.1. The maximum absolute atomic E-state index is 6.61. The highest BCUT2D eigenvalue weighted by atomic mass is 32.1. The third-order valence-corrected chi connectivity index (χ3v) is 15.1. The molecule has 0 aliphatic heterocycles. The lowest BCUT2D eigenvalue weighted by atomic mass is 9.97. The van der Waals surface area contributed by atoms with Gasteiger partial charge in [-0.15, -0.1) is 11.3 Å². The summed E-state index contributed by atoms with van der Waals surface area (Å²) in [5, 5.41) is 7.08. The summed E-state index contributed by atoms with van der Waals surface area (Å²) in [6, 6.07) is 94.2. The van der Waals surface area contributed by atoms with Crippen molar-refractivity contribution in [2.45, 2.75) is 0 Å². The molecule has 0 aliphatic carbocycles. The zero-order valence-electron chi connectivity index (χ0n) is 38.5. The molecule has 0 saturated heterocycles. The minimum atomic E-state index is 0.841. The second-order valence-electron chi connectivity index (χ2n) is 18.1. The SMILES string of the molecule is c1ccc(-c2ccc(N(c3cc(-c4cc5c6ccccc6n(-c6ccccc6)c5c5c4sc4ccccc45)cc(N(c4ccccc4)c4ccccc4)c3)c3cccc4oc5ccccc5c34)cc2)cc1. The highest BCUT2D eigenvalue weighted by molar-refractivity contribution is 7.26. The predicted octanol–water partition coefficient (Wildman–Crippen LogP) is 19.3. The van der Waals surface area contributed by atoms with E-state index in [1.165, 1.54) is 53.1 Å². The van der Waals surface area contributed by atoms with Gasteiger partial charge in [0, 0.05) is 76.0 Å². The van der Waals surface area contributed by atoms with E-state index in [1.807, 2.05) is 17.4 Å². The van der Waals surface area contributed by atoms with E-state index in [0.29, 0.717) is 0 Å². The molecule has 0 radical (unpaired) electrons. The first-order valence-corrected chi connectivity index (χ1v) is 24.9. The Morgan fingerprint density at radius 1 is 0.352 bits per heavy atom. The fourth-order valence-electron chi connectivity index (χ4n) is 10.8. The van der Waals surface area contributed by atoms with Crippen molar-refractivity contribution in [2.75, 3.05) is 9.80 Å². The highest BCUT2D eigenvalue weighted by Crippen LogP contribution is 2.51. The van der Waals surface area contributed by atoms with Crippen LogP contribution in [0, 0.1) is 0 Å². The van der Waals surface area contributed by atoms with Crippen molar-refractivity contribution in [3.05, 3.63) is 261 Å². The van der Waals surface area contributed by atoms with Crippen molar-refractivity contribution in [3.8, 4) is 27.9 Å². The number of hydrogen-bond donors (Lipinski definition) is 0. The van der Waals surface area contributed by atoms with Crippen LogP contribution < -0.4 is 9.80 Å². The predicted molar refractivity (Wildman–Crippen MR) is 301 cm³/mol. The maximum Gasteiger partial charge on any atom is 0.137 e. The Bertz CT molecular complexity index is 4230. The van der Waals surface area contributed by atoms with Crippen molar-refractivity contribution in [3.63, 3.8) is 0 Å². The largest absolute Gasteiger partial charge is 0.456 e. The van der Waals surface area contributed by atoms with Gasteiger partial charge in [-0.25, -0.2) is 0 Å². The first-order valence-electron chi connectivity index (χ1n) is 24.1. The average molecular weight is 926 g/mol. The Hall–Kier alpha value is -9.16. The van der Waals surface area contributed by atoms with E-state index >= 15 is 0 Å². The van der Waals surface area contributed by atoms with Crippen molar-refractivity contribution in [1.82, 2.24) is 4.57 Å². The number of thiophene rings is 1. The van der Waals surface area contributed by atoms with Crippen LogP contribution in [0.2, 0.25) is 0 Å². The summed E-state index contributed by atoms with van der Waals surface area (Å²) >= 11 is 1.88. The van der Waals surface area contributed by atoms with Gasteiger partial charge in [0.05, 0.1) is 22.1 Å². The zero-order chi connectivity index (χ0) is 46.8. The Balaban J connectivity index is 1.11. The molecular weight excluding hydrogens is 883 g/mol. The van der Waals surface area contributed by atoms with Crippen molar-refractivity contribution in [1.29, 1.82) is 0 Å². The minimum Gasteiger partial charge on any atom is -0.456 e. The molecule has 0 saturated carbocycles. The van der Waals surface area contributed by atoms with Gasteiger partial charge in [0.15, 0.2) is 0 Å². The summed E-state index contributed by atoms with van der Waals surface area (Å²) in [4.78, 5) is 4.82. The summed E-state index contributed by atoms with van der Waals surface area (Å²) in [5.41, 5.74) is 16.1. The summed E-state index contributed by atoms with van der Waals surface area (Å²) in [5.74, 6) is 0. The molecule has 0 atom stereocenters. The molecule has 0 unspecified atom stereocenters. The molecule has 3 heterocycles. The second kappa shape index (κ2) is 16.8. The molecule has 71 heavy (non-hydrogen) atoms. The molecule has 334 valence electrons. The number of nitrogens with zero attached hydrogens (tertiary/aromatic N) is 3. The van der Waals surface area contributed by atoms with Crippen LogP contribution in [0.4, 0.5) is 34.1 Å². The van der Waals surface area contributed by atoms with Crippen LogP contribution in [0.3, 0.4) is 0 Å². The van der Waals surface area contributed by atoms with Crippen molar-refractivity contribution >= 4 is 109 Å². The van der Waals surface area contributed by atoms with E-state index in [0.717, 1.165) is 72.9 Å². The van der Waals surface area contributed by atoms with Gasteiger partial charge >= 0.3 is 0 Å². The zero-order valence-corrected chi connectivity index (χ0v) is 39.3. The van der Waals surface area contributed by atoms with E-state index in [1.54, 1.807) is 0 Å². The van der Waals surface area contributed by atoms with E-state index in [2.05, 4.69) is 269 Å². The third-order valence-electron chi connectivity index (χ3n) is 13.9. The number of anilines is 6. The van der Waals surface area contributed by atoms with Crippen LogP contribution in [-0.2, 0) is 0 Å². The van der Waals surface area contributed by atoms with Crippen LogP contribution in [0.1, 0.15) is 0 Å². The Morgan fingerprint density at radius 2 is 0.915 bits per heavy atom. The topological polar surface area (TPSA) is 24.6 Å². The lowest BCUT2D eigenvalue weighted by Crippen LogP contribution is -2.14. The molecule has 11 aromatic carbocycles. The van der Waals surface area contributed by atoms with Crippen LogP contribution in [-0.4, -0.2) is 4.57 Å². The molecule has 0 bridgehead atoms. The first kappa shape index (κ1) is 40.9. The summed E-state index contributed by atoms with van der Waals surface area (Å²) < 4.78 is 11.6. The average Bonchev–Trinajstić information content (AvgIpc) is 4.12. The van der Waals surface area contributed by atoms with Crippen LogP contribution >= 0.6 is 11.3 Å². The lowest BCUT2D eigenvalue weighted by molar-refractivity contribution is 0.669. The van der Waals surface area contributed by atoms with Gasteiger partial charge in [-0.05, 0) is 120 Å².